The molecule has 1 aromatic carbocycles. The summed E-state index contributed by atoms with van der Waals surface area (Å²) in [5.74, 6) is 1.45. The smallest absolute Gasteiger partial charge is 0.407 e. The lowest BCUT2D eigenvalue weighted by molar-refractivity contribution is 0.109. The van der Waals surface area contributed by atoms with Gasteiger partial charge in [-0.1, -0.05) is 6.07 Å². The van der Waals surface area contributed by atoms with Gasteiger partial charge in [-0.25, -0.2) is 9.78 Å². The van der Waals surface area contributed by atoms with E-state index in [-0.39, 0.29) is 18.2 Å². The zero-order valence-corrected chi connectivity index (χ0v) is 23.0. The fraction of sp³-hybridized carbons (Fsp3) is 0.519. The number of thioether (sulfide) groups is 1. The summed E-state index contributed by atoms with van der Waals surface area (Å²) in [4.78, 5) is 19.3. The summed E-state index contributed by atoms with van der Waals surface area (Å²) in [5.41, 5.74) is 3.35. The molecule has 0 atom stereocenters. The van der Waals surface area contributed by atoms with Crippen molar-refractivity contribution < 1.29 is 9.53 Å². The normalized spacial score (nSPS) is 19.9. The van der Waals surface area contributed by atoms with Crippen LogP contribution in [0.2, 0.25) is 0 Å². The van der Waals surface area contributed by atoms with E-state index in [0.29, 0.717) is 5.92 Å². The number of amides is 1. The minimum atomic E-state index is -0.304. The van der Waals surface area contributed by atoms with E-state index >= 15 is 0 Å². The molecule has 2 aliphatic carbocycles. The van der Waals surface area contributed by atoms with Gasteiger partial charge in [0.2, 0.25) is 0 Å². The molecule has 2 fully saturated rings. The van der Waals surface area contributed by atoms with Gasteiger partial charge in [-0.3, -0.25) is 4.68 Å². The highest BCUT2D eigenvalue weighted by Gasteiger charge is 2.28. The number of carbonyl (C=O) groups excluding carboxylic acids is 1. The van der Waals surface area contributed by atoms with Gasteiger partial charge >= 0.3 is 6.09 Å². The molecule has 9 heteroatoms. The van der Waals surface area contributed by atoms with Crippen LogP contribution in [0.3, 0.4) is 0 Å². The molecule has 2 heterocycles. The van der Waals surface area contributed by atoms with Crippen molar-refractivity contribution in [2.75, 3.05) is 5.32 Å². The van der Waals surface area contributed by atoms with Crippen LogP contribution in [0.4, 0.5) is 16.3 Å². The van der Waals surface area contributed by atoms with E-state index in [9.17, 15) is 4.79 Å². The number of anilines is 2. The van der Waals surface area contributed by atoms with Crippen molar-refractivity contribution in [3.8, 4) is 10.4 Å². The number of carbonyl (C=O) groups is 1. The van der Waals surface area contributed by atoms with Crippen molar-refractivity contribution in [2.45, 2.75) is 87.5 Å². The summed E-state index contributed by atoms with van der Waals surface area (Å²) in [6.07, 6.45) is 8.23. The van der Waals surface area contributed by atoms with Crippen molar-refractivity contribution in [2.24, 2.45) is 7.05 Å². The number of thiazole rings is 1. The number of rotatable bonds is 8. The van der Waals surface area contributed by atoms with Gasteiger partial charge in [-0.2, -0.15) is 5.10 Å². The highest BCUT2D eigenvalue weighted by atomic mass is 32.2. The van der Waals surface area contributed by atoms with E-state index < -0.39 is 0 Å². The lowest BCUT2D eigenvalue weighted by Gasteiger charge is -2.28. The first-order valence-electron chi connectivity index (χ1n) is 12.9. The zero-order valence-electron chi connectivity index (χ0n) is 21.4. The Labute approximate surface area is 221 Å². The maximum absolute atomic E-state index is 11.9. The zero-order chi connectivity index (χ0) is 25.2. The fourth-order valence-corrected chi connectivity index (χ4v) is 7.06. The van der Waals surface area contributed by atoms with Gasteiger partial charge in [0.05, 0.1) is 21.7 Å². The molecule has 0 radical (unpaired) electrons. The van der Waals surface area contributed by atoms with Crippen molar-refractivity contribution in [1.29, 1.82) is 0 Å². The molecule has 2 saturated carbocycles. The second kappa shape index (κ2) is 10.8. The SMILES string of the molecule is Cc1cc(Nc2ccc(-c3cnc(C4CCC(NC(=O)OC(C)C)CC4)s3)c(SC3CC3)c2)n(C)n1. The van der Waals surface area contributed by atoms with E-state index in [2.05, 4.69) is 40.0 Å². The number of hydrogen-bond acceptors (Lipinski definition) is 7. The molecule has 1 amide bonds. The standard InChI is InChI=1S/C27H35N5O2S2/c1-16(2)34-27(33)30-19-7-5-18(6-8-19)26-28-15-24(36-26)22-12-9-20(14-23(22)35-21-10-11-21)29-25-13-17(3)31-32(25)4/h9,12-16,18-19,21,29H,5-8,10-11H2,1-4H3,(H,30,33). The van der Waals surface area contributed by atoms with Crippen molar-refractivity contribution in [3.63, 3.8) is 0 Å². The molecule has 2 aliphatic rings. The van der Waals surface area contributed by atoms with Crippen LogP contribution in [0.25, 0.3) is 10.4 Å². The molecule has 0 saturated heterocycles. The van der Waals surface area contributed by atoms with Crippen molar-refractivity contribution in [3.05, 3.63) is 41.2 Å². The Balaban J connectivity index is 1.27. The Morgan fingerprint density at radius 1 is 1.17 bits per heavy atom. The second-order valence-electron chi connectivity index (χ2n) is 10.2. The number of hydrogen-bond donors (Lipinski definition) is 2. The molecule has 3 aromatic rings. The van der Waals surface area contributed by atoms with Crippen LogP contribution in [0, 0.1) is 6.92 Å². The fourth-order valence-electron chi connectivity index (χ4n) is 4.64. The molecule has 0 aliphatic heterocycles. The number of benzene rings is 1. The van der Waals surface area contributed by atoms with Crippen LogP contribution < -0.4 is 10.6 Å². The van der Waals surface area contributed by atoms with Gasteiger partial charge in [0.1, 0.15) is 5.82 Å². The average Bonchev–Trinajstić information content (AvgIpc) is 3.40. The van der Waals surface area contributed by atoms with Crippen LogP contribution in [0.15, 0.2) is 35.4 Å². The molecule has 2 N–H and O–H groups in total. The molecule has 0 unspecified atom stereocenters. The highest BCUT2D eigenvalue weighted by Crippen LogP contribution is 2.46. The Morgan fingerprint density at radius 3 is 2.61 bits per heavy atom. The minimum Gasteiger partial charge on any atom is -0.447 e. The summed E-state index contributed by atoms with van der Waals surface area (Å²) < 4.78 is 7.12. The molecule has 2 aromatic heterocycles. The summed E-state index contributed by atoms with van der Waals surface area (Å²) in [6, 6.07) is 8.91. The van der Waals surface area contributed by atoms with Crippen LogP contribution in [-0.2, 0) is 11.8 Å². The van der Waals surface area contributed by atoms with Gasteiger partial charge < -0.3 is 15.4 Å². The third kappa shape index (κ3) is 6.24. The Hall–Kier alpha value is -2.52. The molecule has 0 bridgehead atoms. The summed E-state index contributed by atoms with van der Waals surface area (Å²) >= 11 is 3.81. The first kappa shape index (κ1) is 25.1. The van der Waals surface area contributed by atoms with Gasteiger partial charge in [0.25, 0.3) is 0 Å². The quantitative estimate of drug-likeness (QED) is 0.329. The van der Waals surface area contributed by atoms with Crippen molar-refractivity contribution >= 4 is 40.7 Å². The van der Waals surface area contributed by atoms with Crippen molar-refractivity contribution in [1.82, 2.24) is 20.1 Å². The Kier molecular flexibility index (Phi) is 7.57. The van der Waals surface area contributed by atoms with Gasteiger partial charge in [0.15, 0.2) is 0 Å². The summed E-state index contributed by atoms with van der Waals surface area (Å²) in [5, 5.41) is 12.9. The third-order valence-electron chi connectivity index (χ3n) is 6.60. The number of nitrogens with zero attached hydrogens (tertiary/aromatic N) is 3. The van der Waals surface area contributed by atoms with E-state index in [1.165, 1.54) is 33.2 Å². The summed E-state index contributed by atoms with van der Waals surface area (Å²) in [6.45, 7) is 5.75. The molecule has 7 nitrogen and oxygen atoms in total. The lowest BCUT2D eigenvalue weighted by Crippen LogP contribution is -2.38. The number of alkyl carbamates (subject to hydrolysis) is 1. The maximum atomic E-state index is 11.9. The number of aromatic nitrogens is 3. The van der Waals surface area contributed by atoms with Gasteiger partial charge in [0, 0.05) is 52.7 Å². The Bertz CT molecular complexity index is 1210. The monoisotopic (exact) mass is 525 g/mol. The van der Waals surface area contributed by atoms with E-state index in [4.69, 9.17) is 9.72 Å². The third-order valence-corrected chi connectivity index (χ3v) is 9.19. The van der Waals surface area contributed by atoms with E-state index in [1.54, 1.807) is 0 Å². The maximum Gasteiger partial charge on any atom is 0.407 e. The average molecular weight is 526 g/mol. The first-order chi connectivity index (χ1) is 17.3. The number of ether oxygens (including phenoxy) is 1. The molecule has 5 rings (SSSR count). The highest BCUT2D eigenvalue weighted by molar-refractivity contribution is 8.00. The van der Waals surface area contributed by atoms with Gasteiger partial charge in [-0.15, -0.1) is 23.1 Å². The topological polar surface area (TPSA) is 81.1 Å². The van der Waals surface area contributed by atoms with Crippen LogP contribution >= 0.6 is 23.1 Å². The van der Waals surface area contributed by atoms with E-state index in [0.717, 1.165) is 48.1 Å². The second-order valence-corrected chi connectivity index (χ2v) is 12.6. The van der Waals surface area contributed by atoms with Crippen LogP contribution in [0.5, 0.6) is 0 Å². The van der Waals surface area contributed by atoms with Gasteiger partial charge in [-0.05, 0) is 71.4 Å². The Morgan fingerprint density at radius 2 is 1.94 bits per heavy atom. The summed E-state index contributed by atoms with van der Waals surface area (Å²) in [7, 11) is 1.96. The molecule has 36 heavy (non-hydrogen) atoms. The largest absolute Gasteiger partial charge is 0.447 e. The predicted octanol–water partition coefficient (Wildman–Crippen LogP) is 7.01. The molecular weight excluding hydrogens is 490 g/mol. The molecule has 0 spiro atoms. The minimum absolute atomic E-state index is 0.0951. The predicted molar refractivity (Wildman–Crippen MR) is 147 cm³/mol. The number of nitrogens with one attached hydrogen (secondary N) is 2. The number of aryl methyl sites for hydroxylation is 2. The van der Waals surface area contributed by atoms with E-state index in [1.807, 2.05) is 61.8 Å². The van der Waals surface area contributed by atoms with Crippen LogP contribution in [-0.4, -0.2) is 38.3 Å². The van der Waals surface area contributed by atoms with Crippen LogP contribution in [0.1, 0.15) is 69.0 Å². The lowest BCUT2D eigenvalue weighted by atomic mass is 9.86. The first-order valence-corrected chi connectivity index (χ1v) is 14.6. The molecular formula is C27H35N5O2S2. The molecule has 192 valence electrons.